The van der Waals surface area contributed by atoms with Crippen LogP contribution in [-0.2, 0) is 4.79 Å². The molecule has 0 radical (unpaired) electrons. The van der Waals surface area contributed by atoms with E-state index in [9.17, 15) is 9.59 Å². The van der Waals surface area contributed by atoms with Crippen LogP contribution in [0.15, 0.2) is 0 Å². The number of amides is 2. The maximum Gasteiger partial charge on any atom is 0.268 e. The monoisotopic (exact) mass is 269 g/mol. The number of aryl methyl sites for hydroxylation is 1. The second kappa shape index (κ2) is 5.40. The van der Waals surface area contributed by atoms with E-state index in [1.54, 1.807) is 18.9 Å². The number of nitrogens with one attached hydrogen (secondary N) is 2. The van der Waals surface area contributed by atoms with Gasteiger partial charge in [0.1, 0.15) is 10.9 Å². The summed E-state index contributed by atoms with van der Waals surface area (Å²) in [6.07, 6.45) is 0. The number of aromatic nitrogens is 2. The number of hydrogen-bond acceptors (Lipinski definition) is 6. The zero-order chi connectivity index (χ0) is 13.1. The minimum atomic E-state index is -0.474. The molecule has 1 aromatic heterocycles. The first kappa shape index (κ1) is 12.9. The average molecular weight is 269 g/mol. The lowest BCUT2D eigenvalue weighted by molar-refractivity contribution is -0.125. The smallest absolute Gasteiger partial charge is 0.268 e. The van der Waals surface area contributed by atoms with Gasteiger partial charge < -0.3 is 15.5 Å². The predicted octanol–water partition coefficient (Wildman–Crippen LogP) is -0.993. The van der Waals surface area contributed by atoms with Crippen LogP contribution in [0.5, 0.6) is 0 Å². The van der Waals surface area contributed by atoms with Crippen molar-refractivity contribution in [2.24, 2.45) is 0 Å². The molecule has 0 aliphatic carbocycles. The van der Waals surface area contributed by atoms with Gasteiger partial charge in [-0.25, -0.2) is 0 Å². The van der Waals surface area contributed by atoms with Crippen molar-refractivity contribution in [1.82, 2.24) is 25.1 Å². The predicted molar refractivity (Wildman–Crippen MR) is 66.4 cm³/mol. The molecule has 8 heteroatoms. The summed E-state index contributed by atoms with van der Waals surface area (Å²) in [5.41, 5.74) is 0.610. The Morgan fingerprint density at radius 1 is 1.56 bits per heavy atom. The number of carbonyl (C=O) groups excluding carboxylic acids is 2. The lowest BCUT2D eigenvalue weighted by Crippen LogP contribution is -2.59. The maximum atomic E-state index is 12.4. The molecule has 0 spiro atoms. The van der Waals surface area contributed by atoms with Crippen LogP contribution in [0.4, 0.5) is 0 Å². The maximum absolute atomic E-state index is 12.4. The lowest BCUT2D eigenvalue weighted by atomic mass is 10.1. The normalized spacial score (nSPS) is 19.7. The van der Waals surface area contributed by atoms with E-state index in [-0.39, 0.29) is 11.8 Å². The Kier molecular flexibility index (Phi) is 3.87. The summed E-state index contributed by atoms with van der Waals surface area (Å²) in [4.78, 5) is 26.2. The third kappa shape index (κ3) is 2.34. The van der Waals surface area contributed by atoms with Gasteiger partial charge in [-0.3, -0.25) is 9.59 Å². The highest BCUT2D eigenvalue weighted by molar-refractivity contribution is 7.07. The van der Waals surface area contributed by atoms with E-state index in [2.05, 4.69) is 20.2 Å². The van der Waals surface area contributed by atoms with Gasteiger partial charge in [0.25, 0.3) is 5.91 Å². The van der Waals surface area contributed by atoms with Crippen LogP contribution in [-0.4, -0.2) is 59.0 Å². The van der Waals surface area contributed by atoms with Gasteiger partial charge in [0.2, 0.25) is 5.91 Å². The molecule has 1 unspecified atom stereocenters. The fourth-order valence-electron chi connectivity index (χ4n) is 1.91. The number of piperazine rings is 1. The molecule has 1 fully saturated rings. The standard InChI is InChI=1S/C10H15N5O2S/c1-6-8(18-14-13-6)10(17)15-4-3-12-5-7(15)9(16)11-2/h7,12H,3-5H2,1-2H3,(H,11,16). The van der Waals surface area contributed by atoms with Crippen molar-refractivity contribution in [3.63, 3.8) is 0 Å². The van der Waals surface area contributed by atoms with Crippen LogP contribution in [0.2, 0.25) is 0 Å². The Balaban J connectivity index is 2.21. The lowest BCUT2D eigenvalue weighted by Gasteiger charge is -2.34. The van der Waals surface area contributed by atoms with Gasteiger partial charge in [-0.2, -0.15) is 0 Å². The number of hydrogen-bond donors (Lipinski definition) is 2. The fraction of sp³-hybridized carbons (Fsp3) is 0.600. The minimum absolute atomic E-state index is 0.161. The van der Waals surface area contributed by atoms with Gasteiger partial charge in [-0.1, -0.05) is 4.49 Å². The molecule has 2 heterocycles. The third-order valence-corrected chi connectivity index (χ3v) is 3.71. The van der Waals surface area contributed by atoms with Gasteiger partial charge in [0, 0.05) is 26.7 Å². The molecule has 18 heavy (non-hydrogen) atoms. The van der Waals surface area contributed by atoms with Gasteiger partial charge in [0.05, 0.1) is 5.69 Å². The summed E-state index contributed by atoms with van der Waals surface area (Å²) in [6.45, 7) is 3.41. The van der Waals surface area contributed by atoms with Crippen LogP contribution >= 0.6 is 11.5 Å². The first-order valence-electron chi connectivity index (χ1n) is 5.67. The van der Waals surface area contributed by atoms with Gasteiger partial charge in [-0.15, -0.1) is 5.10 Å². The van der Waals surface area contributed by atoms with E-state index < -0.39 is 6.04 Å². The topological polar surface area (TPSA) is 87.2 Å². The largest absolute Gasteiger partial charge is 0.357 e. The highest BCUT2D eigenvalue weighted by atomic mass is 32.1. The SMILES string of the molecule is CNC(=O)C1CNCCN1C(=O)c1snnc1C. The molecular formula is C10H15N5O2S. The molecule has 2 rings (SSSR count). The zero-order valence-corrected chi connectivity index (χ0v) is 11.1. The minimum Gasteiger partial charge on any atom is -0.357 e. The molecule has 1 atom stereocenters. The van der Waals surface area contributed by atoms with Gasteiger partial charge >= 0.3 is 0 Å². The molecule has 2 amide bonds. The summed E-state index contributed by atoms with van der Waals surface area (Å²) in [5, 5.41) is 9.52. The van der Waals surface area contributed by atoms with E-state index in [0.717, 1.165) is 11.5 Å². The van der Waals surface area contributed by atoms with E-state index in [1.807, 2.05) is 0 Å². The molecule has 0 saturated carbocycles. The van der Waals surface area contributed by atoms with Crippen molar-refractivity contribution in [3.8, 4) is 0 Å². The summed E-state index contributed by atoms with van der Waals surface area (Å²) < 4.78 is 3.76. The van der Waals surface area contributed by atoms with Gasteiger partial charge in [0.15, 0.2) is 0 Å². The quantitative estimate of drug-likeness (QED) is 0.719. The summed E-state index contributed by atoms with van der Waals surface area (Å²) in [5.74, 6) is -0.330. The molecule has 1 saturated heterocycles. The van der Waals surface area contributed by atoms with Crippen LogP contribution in [0.3, 0.4) is 0 Å². The zero-order valence-electron chi connectivity index (χ0n) is 10.3. The van der Waals surface area contributed by atoms with Gasteiger partial charge in [-0.05, 0) is 18.5 Å². The van der Waals surface area contributed by atoms with Crippen LogP contribution < -0.4 is 10.6 Å². The van der Waals surface area contributed by atoms with E-state index in [4.69, 9.17) is 0 Å². The molecule has 1 aliphatic rings. The number of nitrogens with zero attached hydrogens (tertiary/aromatic N) is 3. The van der Waals surface area contributed by atoms with Crippen molar-refractivity contribution in [2.45, 2.75) is 13.0 Å². The Morgan fingerprint density at radius 3 is 2.94 bits per heavy atom. The van der Waals surface area contributed by atoms with Crippen molar-refractivity contribution in [2.75, 3.05) is 26.7 Å². The van der Waals surface area contributed by atoms with Crippen molar-refractivity contribution < 1.29 is 9.59 Å². The van der Waals surface area contributed by atoms with Crippen LogP contribution in [0.1, 0.15) is 15.4 Å². The van der Waals surface area contributed by atoms with Crippen molar-refractivity contribution >= 4 is 23.3 Å². The van der Waals surface area contributed by atoms with Crippen LogP contribution in [0, 0.1) is 6.92 Å². The average Bonchev–Trinajstić information content (AvgIpc) is 2.83. The Hall–Kier alpha value is -1.54. The number of carbonyl (C=O) groups is 2. The van der Waals surface area contributed by atoms with Crippen molar-refractivity contribution in [3.05, 3.63) is 10.6 Å². The molecule has 1 aliphatic heterocycles. The second-order valence-electron chi connectivity index (χ2n) is 4.02. The molecular weight excluding hydrogens is 254 g/mol. The first-order chi connectivity index (χ1) is 8.65. The molecule has 1 aromatic rings. The second-order valence-corrected chi connectivity index (χ2v) is 4.77. The molecule has 0 aromatic carbocycles. The fourth-order valence-corrected chi connectivity index (χ4v) is 2.52. The first-order valence-corrected chi connectivity index (χ1v) is 6.44. The van der Waals surface area contributed by atoms with E-state index in [1.165, 1.54) is 0 Å². The Labute approximate surface area is 109 Å². The molecule has 0 bridgehead atoms. The number of rotatable bonds is 2. The van der Waals surface area contributed by atoms with E-state index in [0.29, 0.717) is 30.2 Å². The molecule has 2 N–H and O–H groups in total. The Morgan fingerprint density at radius 2 is 2.33 bits per heavy atom. The molecule has 98 valence electrons. The van der Waals surface area contributed by atoms with E-state index >= 15 is 0 Å². The van der Waals surface area contributed by atoms with Crippen molar-refractivity contribution in [1.29, 1.82) is 0 Å². The number of likely N-dealkylation sites (N-methyl/N-ethyl adjacent to an activating group) is 1. The summed E-state index contributed by atoms with van der Waals surface area (Å²) >= 11 is 1.07. The molecule has 7 nitrogen and oxygen atoms in total. The van der Waals surface area contributed by atoms with Crippen LogP contribution in [0.25, 0.3) is 0 Å². The summed E-state index contributed by atoms with van der Waals surface area (Å²) in [6, 6.07) is -0.474. The third-order valence-electron chi connectivity index (χ3n) is 2.90. The summed E-state index contributed by atoms with van der Waals surface area (Å²) in [7, 11) is 1.57. The Bertz CT molecular complexity index is 461. The highest BCUT2D eigenvalue weighted by Crippen LogP contribution is 2.15. The highest BCUT2D eigenvalue weighted by Gasteiger charge is 2.33.